The van der Waals surface area contributed by atoms with Gasteiger partial charge >= 0.3 is 0 Å². The Bertz CT molecular complexity index is 947. The molecule has 3 rings (SSSR count). The minimum absolute atomic E-state index is 0.159. The van der Waals surface area contributed by atoms with Gasteiger partial charge in [0.15, 0.2) is 0 Å². The molecule has 1 aliphatic rings. The first-order valence-corrected chi connectivity index (χ1v) is 10.9. The molecule has 6 heteroatoms. The molecular weight excluding hydrogens is 360 g/mol. The fraction of sp³-hybridized carbons (Fsp3) is 0.381. The number of nitrogens with one attached hydrogen (secondary N) is 1. The van der Waals surface area contributed by atoms with Crippen molar-refractivity contribution in [1.82, 2.24) is 4.31 Å². The molecule has 0 fully saturated rings. The first-order valence-electron chi connectivity index (χ1n) is 9.28. The van der Waals surface area contributed by atoms with Crippen LogP contribution in [0.25, 0.3) is 0 Å². The van der Waals surface area contributed by atoms with Gasteiger partial charge < -0.3 is 5.32 Å². The Morgan fingerprint density at radius 2 is 1.78 bits per heavy atom. The first-order chi connectivity index (χ1) is 12.8. The third-order valence-corrected chi connectivity index (χ3v) is 6.80. The molecule has 0 aliphatic carbocycles. The smallest absolute Gasteiger partial charge is 0.255 e. The van der Waals surface area contributed by atoms with Gasteiger partial charge in [-0.05, 0) is 62.1 Å². The van der Waals surface area contributed by atoms with Crippen molar-refractivity contribution in [1.29, 1.82) is 0 Å². The first kappa shape index (κ1) is 19.6. The molecule has 2 aromatic carbocycles. The van der Waals surface area contributed by atoms with Gasteiger partial charge in [-0.25, -0.2) is 8.42 Å². The van der Waals surface area contributed by atoms with Crippen LogP contribution >= 0.6 is 0 Å². The standard InChI is InChI=1S/C21H26N2O3S/c1-4-9-27(25,26)23-8-7-17-5-6-20(13-19(17)14-23)22-21(24)18-11-15(2)10-16(3)12-18/h5-6,10-13H,4,7-9,14H2,1-3H3,(H,22,24). The van der Waals surface area contributed by atoms with Crippen LogP contribution in [0.4, 0.5) is 5.69 Å². The summed E-state index contributed by atoms with van der Waals surface area (Å²) in [5, 5.41) is 2.93. The molecule has 1 aliphatic heterocycles. The average molecular weight is 387 g/mol. The Morgan fingerprint density at radius 1 is 1.07 bits per heavy atom. The third kappa shape index (κ3) is 4.57. The molecule has 1 N–H and O–H groups in total. The lowest BCUT2D eigenvalue weighted by molar-refractivity contribution is 0.102. The average Bonchev–Trinajstić information content (AvgIpc) is 2.60. The van der Waals surface area contributed by atoms with Crippen molar-refractivity contribution in [2.24, 2.45) is 0 Å². The number of amides is 1. The lowest BCUT2D eigenvalue weighted by Crippen LogP contribution is -2.37. The molecule has 5 nitrogen and oxygen atoms in total. The molecule has 0 spiro atoms. The van der Waals surface area contributed by atoms with Gasteiger partial charge in [-0.2, -0.15) is 4.31 Å². The number of anilines is 1. The monoisotopic (exact) mass is 386 g/mol. The van der Waals surface area contributed by atoms with Crippen LogP contribution in [0.3, 0.4) is 0 Å². The zero-order chi connectivity index (χ0) is 19.6. The van der Waals surface area contributed by atoms with Crippen LogP contribution < -0.4 is 5.32 Å². The van der Waals surface area contributed by atoms with Crippen molar-refractivity contribution >= 4 is 21.6 Å². The number of nitrogens with zero attached hydrogens (tertiary/aromatic N) is 1. The second kappa shape index (κ2) is 7.82. The van der Waals surface area contributed by atoms with E-state index in [-0.39, 0.29) is 11.7 Å². The van der Waals surface area contributed by atoms with Gasteiger partial charge in [-0.1, -0.05) is 30.2 Å². The largest absolute Gasteiger partial charge is 0.322 e. The maximum absolute atomic E-state index is 12.6. The van der Waals surface area contributed by atoms with Gasteiger partial charge in [-0.3, -0.25) is 4.79 Å². The van der Waals surface area contributed by atoms with Crippen LogP contribution in [0.5, 0.6) is 0 Å². The van der Waals surface area contributed by atoms with Crippen LogP contribution in [-0.2, 0) is 23.0 Å². The van der Waals surface area contributed by atoms with E-state index >= 15 is 0 Å². The van der Waals surface area contributed by atoms with Gasteiger partial charge in [0.05, 0.1) is 5.75 Å². The second-order valence-corrected chi connectivity index (χ2v) is 9.30. The van der Waals surface area contributed by atoms with Gasteiger partial charge in [-0.15, -0.1) is 0 Å². The molecule has 144 valence electrons. The summed E-state index contributed by atoms with van der Waals surface area (Å²) < 4.78 is 26.3. The fourth-order valence-corrected chi connectivity index (χ4v) is 5.02. The number of aryl methyl sites for hydroxylation is 2. The van der Waals surface area contributed by atoms with Crippen LogP contribution in [0.1, 0.15) is 46.0 Å². The zero-order valence-corrected chi connectivity index (χ0v) is 16.9. The number of hydrogen-bond donors (Lipinski definition) is 1. The van der Waals surface area contributed by atoms with E-state index in [1.807, 2.05) is 57.2 Å². The summed E-state index contributed by atoms with van der Waals surface area (Å²) in [4.78, 5) is 12.6. The van der Waals surface area contributed by atoms with E-state index in [1.165, 1.54) is 0 Å². The molecule has 0 saturated carbocycles. The third-order valence-electron chi connectivity index (χ3n) is 4.78. The maximum Gasteiger partial charge on any atom is 0.255 e. The molecule has 27 heavy (non-hydrogen) atoms. The molecule has 0 radical (unpaired) electrons. The zero-order valence-electron chi connectivity index (χ0n) is 16.1. The van der Waals surface area contributed by atoms with Crippen LogP contribution in [0.15, 0.2) is 36.4 Å². The van der Waals surface area contributed by atoms with E-state index in [1.54, 1.807) is 4.31 Å². The molecule has 0 saturated heterocycles. The van der Waals surface area contributed by atoms with E-state index < -0.39 is 10.0 Å². The number of rotatable bonds is 5. The molecule has 0 aromatic heterocycles. The molecular formula is C21H26N2O3S. The van der Waals surface area contributed by atoms with Gasteiger partial charge in [0.2, 0.25) is 10.0 Å². The Kier molecular flexibility index (Phi) is 5.67. The summed E-state index contributed by atoms with van der Waals surface area (Å²) in [6.07, 6.45) is 1.31. The lowest BCUT2D eigenvalue weighted by Gasteiger charge is -2.28. The number of carbonyl (C=O) groups is 1. The van der Waals surface area contributed by atoms with Crippen molar-refractivity contribution < 1.29 is 13.2 Å². The SMILES string of the molecule is CCCS(=O)(=O)N1CCc2ccc(NC(=O)c3cc(C)cc(C)c3)cc2C1. The highest BCUT2D eigenvalue weighted by atomic mass is 32.2. The van der Waals surface area contributed by atoms with Crippen molar-refractivity contribution in [3.63, 3.8) is 0 Å². The minimum atomic E-state index is -3.22. The van der Waals surface area contributed by atoms with Crippen molar-refractivity contribution in [3.8, 4) is 0 Å². The Labute approximate surface area is 161 Å². The molecule has 1 heterocycles. The molecule has 0 unspecified atom stereocenters. The maximum atomic E-state index is 12.6. The number of benzene rings is 2. The van der Waals surface area contributed by atoms with Crippen LogP contribution in [-0.4, -0.2) is 30.9 Å². The topological polar surface area (TPSA) is 66.5 Å². The normalized spacial score (nSPS) is 14.6. The van der Waals surface area contributed by atoms with Crippen molar-refractivity contribution in [3.05, 3.63) is 64.2 Å². The van der Waals surface area contributed by atoms with Crippen LogP contribution in [0.2, 0.25) is 0 Å². The van der Waals surface area contributed by atoms with Crippen molar-refractivity contribution in [2.75, 3.05) is 17.6 Å². The van der Waals surface area contributed by atoms with E-state index in [0.29, 0.717) is 37.2 Å². The lowest BCUT2D eigenvalue weighted by atomic mass is 10.0. The van der Waals surface area contributed by atoms with E-state index in [9.17, 15) is 13.2 Å². The van der Waals surface area contributed by atoms with Gasteiger partial charge in [0.1, 0.15) is 0 Å². The summed E-state index contributed by atoms with van der Waals surface area (Å²) in [5.41, 5.74) is 5.50. The number of fused-ring (bicyclic) bond motifs is 1. The molecule has 0 atom stereocenters. The van der Waals surface area contributed by atoms with Gasteiger partial charge in [0.25, 0.3) is 5.91 Å². The highest BCUT2D eigenvalue weighted by molar-refractivity contribution is 7.89. The predicted octanol–water partition coefficient (Wildman–Crippen LogP) is 3.65. The Morgan fingerprint density at radius 3 is 2.44 bits per heavy atom. The summed E-state index contributed by atoms with van der Waals surface area (Å²) >= 11 is 0. The van der Waals surface area contributed by atoms with Crippen molar-refractivity contribution in [2.45, 2.75) is 40.2 Å². The van der Waals surface area contributed by atoms with Gasteiger partial charge in [0, 0.05) is 24.3 Å². The number of hydrogen-bond acceptors (Lipinski definition) is 3. The minimum Gasteiger partial charge on any atom is -0.322 e. The number of sulfonamides is 1. The van der Waals surface area contributed by atoms with Crippen LogP contribution in [0, 0.1) is 13.8 Å². The molecule has 0 bridgehead atoms. The molecule has 2 aromatic rings. The Hall–Kier alpha value is -2.18. The fourth-order valence-electron chi connectivity index (χ4n) is 3.54. The summed E-state index contributed by atoms with van der Waals surface area (Å²) in [5.74, 6) is 0.0129. The highest BCUT2D eigenvalue weighted by Gasteiger charge is 2.26. The summed E-state index contributed by atoms with van der Waals surface area (Å²) in [7, 11) is -3.22. The summed E-state index contributed by atoms with van der Waals surface area (Å²) in [6.45, 7) is 6.69. The quantitative estimate of drug-likeness (QED) is 0.853. The van der Waals surface area contributed by atoms with E-state index in [4.69, 9.17) is 0 Å². The van der Waals surface area contributed by atoms with E-state index in [2.05, 4.69) is 5.32 Å². The number of carbonyl (C=O) groups excluding carboxylic acids is 1. The highest BCUT2D eigenvalue weighted by Crippen LogP contribution is 2.25. The molecule has 1 amide bonds. The second-order valence-electron chi connectivity index (χ2n) is 7.21. The van der Waals surface area contributed by atoms with E-state index in [0.717, 1.165) is 22.3 Å². The summed E-state index contributed by atoms with van der Waals surface area (Å²) in [6, 6.07) is 11.5. The Balaban J connectivity index is 1.79. The predicted molar refractivity (Wildman–Crippen MR) is 109 cm³/mol.